The number of esters is 1. The van der Waals surface area contributed by atoms with E-state index in [9.17, 15) is 19.8 Å². The lowest BCUT2D eigenvalue weighted by molar-refractivity contribution is -0.150. The Labute approximate surface area is 169 Å². The average Bonchev–Trinajstić information content (AvgIpc) is 3.25. The van der Waals surface area contributed by atoms with Gasteiger partial charge >= 0.3 is 5.97 Å². The molecule has 0 radical (unpaired) electrons. The zero-order chi connectivity index (χ0) is 20.5. The number of likely N-dealkylation sites (tertiary alicyclic amines) is 1. The number of anilines is 1. The maximum atomic E-state index is 13.3. The lowest BCUT2D eigenvalue weighted by Gasteiger charge is -2.34. The number of carbonyl (C=O) groups excluding carboxylic acids is 2. The Morgan fingerprint density at radius 2 is 1.76 bits per heavy atom. The largest absolute Gasteiger partial charge is 0.468 e. The van der Waals surface area contributed by atoms with E-state index < -0.39 is 36.1 Å². The first-order valence-electron chi connectivity index (χ1n) is 9.64. The molecule has 7 heteroatoms. The van der Waals surface area contributed by atoms with E-state index in [0.29, 0.717) is 12.2 Å². The average molecular weight is 396 g/mol. The number of hydrogen-bond donors (Lipinski definition) is 2. The van der Waals surface area contributed by atoms with Crippen LogP contribution in [0.25, 0.3) is 0 Å². The number of ether oxygens (including phenoxy) is 1. The standard InChI is InChI=1S/C22H24N2O5/c1-29-22(28)19-18-16(12-23(19)17(13-25)14-8-4-2-5-9-14)20(26)24(21(18)27)15-10-6-3-7-11-15/h2-11,16-20,25-26H,12-13H2,1H3/t16-,17-,18-,19+,20-/m0/s1. The Kier molecular flexibility index (Phi) is 5.36. The van der Waals surface area contributed by atoms with Crippen LogP contribution in [-0.2, 0) is 14.3 Å². The molecule has 0 aromatic heterocycles. The van der Waals surface area contributed by atoms with Crippen LogP contribution in [0.3, 0.4) is 0 Å². The van der Waals surface area contributed by atoms with Crippen molar-refractivity contribution in [2.75, 3.05) is 25.2 Å². The van der Waals surface area contributed by atoms with Crippen LogP contribution in [0.1, 0.15) is 11.6 Å². The molecule has 152 valence electrons. The van der Waals surface area contributed by atoms with E-state index in [1.54, 1.807) is 29.2 Å². The zero-order valence-electron chi connectivity index (χ0n) is 16.1. The summed E-state index contributed by atoms with van der Waals surface area (Å²) >= 11 is 0. The number of nitrogens with zero attached hydrogens (tertiary/aromatic N) is 2. The van der Waals surface area contributed by atoms with E-state index in [-0.39, 0.29) is 12.5 Å². The van der Waals surface area contributed by atoms with Gasteiger partial charge in [0.15, 0.2) is 0 Å². The summed E-state index contributed by atoms with van der Waals surface area (Å²) < 4.78 is 5.01. The number of fused-ring (bicyclic) bond motifs is 1. The minimum absolute atomic E-state index is 0.219. The van der Waals surface area contributed by atoms with Crippen molar-refractivity contribution in [2.24, 2.45) is 11.8 Å². The maximum Gasteiger partial charge on any atom is 0.323 e. The summed E-state index contributed by atoms with van der Waals surface area (Å²) in [5.74, 6) is -2.06. The molecular weight excluding hydrogens is 372 g/mol. The number of rotatable bonds is 5. The second-order valence-electron chi connectivity index (χ2n) is 7.42. The molecule has 0 aliphatic carbocycles. The second kappa shape index (κ2) is 7.94. The van der Waals surface area contributed by atoms with Crippen LogP contribution in [-0.4, -0.2) is 59.5 Å². The van der Waals surface area contributed by atoms with Gasteiger partial charge in [0.05, 0.1) is 25.7 Å². The first kappa shape index (κ1) is 19.6. The van der Waals surface area contributed by atoms with Crippen molar-refractivity contribution in [1.29, 1.82) is 0 Å². The molecule has 2 aromatic carbocycles. The maximum absolute atomic E-state index is 13.3. The minimum Gasteiger partial charge on any atom is -0.468 e. The van der Waals surface area contributed by atoms with Crippen molar-refractivity contribution >= 4 is 17.6 Å². The number of hydrogen-bond acceptors (Lipinski definition) is 6. The Morgan fingerprint density at radius 1 is 1.14 bits per heavy atom. The summed E-state index contributed by atoms with van der Waals surface area (Å²) in [6, 6.07) is 16.9. The fourth-order valence-electron chi connectivity index (χ4n) is 4.66. The third-order valence-electron chi connectivity index (χ3n) is 5.99. The lowest BCUT2D eigenvalue weighted by Crippen LogP contribution is -2.48. The first-order chi connectivity index (χ1) is 14.1. The quantitative estimate of drug-likeness (QED) is 0.738. The number of benzene rings is 2. The van der Waals surface area contributed by atoms with E-state index in [1.165, 1.54) is 12.0 Å². The number of methoxy groups -OCH3 is 1. The topological polar surface area (TPSA) is 90.3 Å². The van der Waals surface area contributed by atoms with Gasteiger partial charge < -0.3 is 14.9 Å². The lowest BCUT2D eigenvalue weighted by atomic mass is 9.92. The van der Waals surface area contributed by atoms with Crippen LogP contribution in [0.15, 0.2) is 60.7 Å². The van der Waals surface area contributed by atoms with Gasteiger partial charge in [-0.25, -0.2) is 0 Å². The summed E-state index contributed by atoms with van der Waals surface area (Å²) in [7, 11) is 1.29. The Bertz CT molecular complexity index is 875. The van der Waals surface area contributed by atoms with Crippen LogP contribution in [0, 0.1) is 11.8 Å². The van der Waals surface area contributed by atoms with Gasteiger partial charge in [-0.3, -0.25) is 19.4 Å². The van der Waals surface area contributed by atoms with Crippen molar-refractivity contribution in [3.8, 4) is 0 Å². The molecule has 4 rings (SSSR count). The fraction of sp³-hybridized carbons (Fsp3) is 0.364. The summed E-state index contributed by atoms with van der Waals surface area (Å²) in [6.45, 7) is 0.0738. The van der Waals surface area contributed by atoms with E-state index in [2.05, 4.69) is 0 Å². The molecule has 0 saturated carbocycles. The predicted octanol–water partition coefficient (Wildman–Crippen LogP) is 1.17. The van der Waals surface area contributed by atoms with E-state index >= 15 is 0 Å². The molecule has 29 heavy (non-hydrogen) atoms. The Balaban J connectivity index is 1.70. The summed E-state index contributed by atoms with van der Waals surface area (Å²) in [5.41, 5.74) is 1.43. The predicted molar refractivity (Wildman–Crippen MR) is 106 cm³/mol. The highest BCUT2D eigenvalue weighted by Gasteiger charge is 2.61. The SMILES string of the molecule is COC(=O)[C@H]1[C@H]2C(=O)N(c3ccccc3)[C@@H](O)[C@H]2CN1[C@@H](CO)c1ccccc1. The van der Waals surface area contributed by atoms with E-state index in [4.69, 9.17) is 4.74 Å². The summed E-state index contributed by atoms with van der Waals surface area (Å²) in [6.07, 6.45) is -1.05. The molecule has 1 amide bonds. The number of amides is 1. The van der Waals surface area contributed by atoms with Gasteiger partial charge in [-0.15, -0.1) is 0 Å². The van der Waals surface area contributed by atoms with Crippen LogP contribution >= 0.6 is 0 Å². The molecule has 2 N–H and O–H groups in total. The second-order valence-corrected chi connectivity index (χ2v) is 7.42. The summed E-state index contributed by atoms with van der Waals surface area (Å²) in [4.78, 5) is 29.2. The van der Waals surface area contributed by atoms with Gasteiger partial charge in [0.2, 0.25) is 5.91 Å². The molecule has 2 fully saturated rings. The molecule has 2 aliphatic heterocycles. The molecule has 2 saturated heterocycles. The normalized spacial score (nSPS) is 27.7. The van der Waals surface area contributed by atoms with E-state index in [1.807, 2.05) is 36.4 Å². The molecule has 7 nitrogen and oxygen atoms in total. The van der Waals surface area contributed by atoms with Crippen molar-refractivity contribution in [2.45, 2.75) is 18.3 Å². The molecule has 5 atom stereocenters. The highest BCUT2D eigenvalue weighted by molar-refractivity contribution is 6.01. The number of aliphatic hydroxyl groups excluding tert-OH is 2. The molecule has 2 heterocycles. The smallest absolute Gasteiger partial charge is 0.323 e. The van der Waals surface area contributed by atoms with Crippen LogP contribution < -0.4 is 4.90 Å². The van der Waals surface area contributed by atoms with Crippen molar-refractivity contribution in [3.05, 3.63) is 66.2 Å². The third kappa shape index (κ3) is 3.21. The van der Waals surface area contributed by atoms with Gasteiger partial charge in [-0.05, 0) is 17.7 Å². The Morgan fingerprint density at radius 3 is 2.34 bits per heavy atom. The molecule has 0 unspecified atom stereocenters. The van der Waals surface area contributed by atoms with Crippen molar-refractivity contribution in [3.63, 3.8) is 0 Å². The molecule has 2 aromatic rings. The molecular formula is C22H24N2O5. The van der Waals surface area contributed by atoms with Gasteiger partial charge in [-0.2, -0.15) is 0 Å². The van der Waals surface area contributed by atoms with Gasteiger partial charge in [0.1, 0.15) is 12.3 Å². The number of para-hydroxylation sites is 1. The molecule has 0 bridgehead atoms. The van der Waals surface area contributed by atoms with E-state index in [0.717, 1.165) is 5.56 Å². The van der Waals surface area contributed by atoms with Crippen molar-refractivity contribution in [1.82, 2.24) is 4.90 Å². The van der Waals surface area contributed by atoms with Crippen molar-refractivity contribution < 1.29 is 24.5 Å². The van der Waals surface area contributed by atoms with Gasteiger partial charge in [0, 0.05) is 18.2 Å². The van der Waals surface area contributed by atoms with Crippen LogP contribution in [0.5, 0.6) is 0 Å². The van der Waals surface area contributed by atoms with Crippen LogP contribution in [0.2, 0.25) is 0 Å². The van der Waals surface area contributed by atoms with Crippen LogP contribution in [0.4, 0.5) is 5.69 Å². The van der Waals surface area contributed by atoms with Gasteiger partial charge in [-0.1, -0.05) is 48.5 Å². The Hall–Kier alpha value is -2.74. The minimum atomic E-state index is -1.05. The zero-order valence-corrected chi connectivity index (χ0v) is 16.1. The first-order valence-corrected chi connectivity index (χ1v) is 9.64. The number of aliphatic hydroxyl groups is 2. The summed E-state index contributed by atoms with van der Waals surface area (Å²) in [5, 5.41) is 21.0. The highest BCUT2D eigenvalue weighted by atomic mass is 16.5. The highest BCUT2D eigenvalue weighted by Crippen LogP contribution is 2.45. The fourth-order valence-corrected chi connectivity index (χ4v) is 4.66. The molecule has 2 aliphatic rings. The third-order valence-corrected chi connectivity index (χ3v) is 5.99. The van der Waals surface area contributed by atoms with Gasteiger partial charge in [0.25, 0.3) is 0 Å². The monoisotopic (exact) mass is 396 g/mol. The number of carbonyl (C=O) groups is 2. The molecule has 0 spiro atoms.